The number of hydrazine groups is 1. The smallest absolute Gasteiger partial charge is 0.257 e. The number of hydrogen-bond donors (Lipinski definition) is 3. The highest BCUT2D eigenvalue weighted by atomic mass is 35.5. The van der Waals surface area contributed by atoms with E-state index in [0.29, 0.717) is 23.1 Å². The molecule has 1 aromatic heterocycles. The van der Waals surface area contributed by atoms with Crippen LogP contribution in [0.2, 0.25) is 5.02 Å². The third-order valence-electron chi connectivity index (χ3n) is 4.42. The standard InChI is InChI=1S/C22H23ClN4O3/c1-14-7-8-18(15(2)11-14)24-13-21(29)27-26-20(28)9-10-22-25-12-19(30-22)16-5-3-4-6-17(16)23/h3-8,11-12,24H,9-10,13H2,1-2H3,(H,26,28)(H,27,29). The van der Waals surface area contributed by atoms with Crippen LogP contribution in [0.15, 0.2) is 53.1 Å². The van der Waals surface area contributed by atoms with Gasteiger partial charge in [-0.3, -0.25) is 20.4 Å². The Balaban J connectivity index is 1.41. The minimum absolute atomic E-state index is 0.0467. The lowest BCUT2D eigenvalue weighted by Gasteiger charge is -2.11. The Bertz CT molecular complexity index is 1050. The van der Waals surface area contributed by atoms with E-state index >= 15 is 0 Å². The van der Waals surface area contributed by atoms with Gasteiger partial charge in [-0.05, 0) is 37.6 Å². The summed E-state index contributed by atoms with van der Waals surface area (Å²) >= 11 is 6.15. The van der Waals surface area contributed by atoms with E-state index < -0.39 is 0 Å². The molecular formula is C22H23ClN4O3. The molecule has 0 unspecified atom stereocenters. The first-order valence-electron chi connectivity index (χ1n) is 9.51. The number of anilines is 1. The van der Waals surface area contributed by atoms with Crippen LogP contribution in [0.25, 0.3) is 11.3 Å². The first-order valence-corrected chi connectivity index (χ1v) is 9.88. The number of amides is 2. The summed E-state index contributed by atoms with van der Waals surface area (Å²) in [4.78, 5) is 28.1. The first-order chi connectivity index (χ1) is 14.4. The summed E-state index contributed by atoms with van der Waals surface area (Å²) in [6, 6.07) is 13.2. The minimum atomic E-state index is -0.347. The summed E-state index contributed by atoms with van der Waals surface area (Å²) < 4.78 is 5.66. The van der Waals surface area contributed by atoms with Crippen LogP contribution in [0.3, 0.4) is 0 Å². The fourth-order valence-electron chi connectivity index (χ4n) is 2.87. The van der Waals surface area contributed by atoms with Gasteiger partial charge in [-0.2, -0.15) is 0 Å². The summed E-state index contributed by atoms with van der Waals surface area (Å²) in [5.74, 6) is 0.275. The molecule has 0 saturated heterocycles. The largest absolute Gasteiger partial charge is 0.441 e. The lowest BCUT2D eigenvalue weighted by molar-refractivity contribution is -0.128. The number of benzene rings is 2. The number of nitrogens with one attached hydrogen (secondary N) is 3. The second kappa shape index (κ2) is 9.93. The topological polar surface area (TPSA) is 96.3 Å². The van der Waals surface area contributed by atoms with Gasteiger partial charge in [-0.25, -0.2) is 4.98 Å². The molecule has 0 aliphatic heterocycles. The lowest BCUT2D eigenvalue weighted by Crippen LogP contribution is -2.44. The molecule has 0 atom stereocenters. The Morgan fingerprint density at radius 2 is 1.83 bits per heavy atom. The third-order valence-corrected chi connectivity index (χ3v) is 4.75. The summed E-state index contributed by atoms with van der Waals surface area (Å²) in [7, 11) is 0. The monoisotopic (exact) mass is 426 g/mol. The zero-order valence-corrected chi connectivity index (χ0v) is 17.5. The van der Waals surface area contributed by atoms with Crippen molar-refractivity contribution in [1.82, 2.24) is 15.8 Å². The minimum Gasteiger partial charge on any atom is -0.441 e. The number of oxazole rings is 1. The number of aryl methyl sites for hydroxylation is 3. The molecule has 3 aromatic rings. The number of halogens is 1. The Labute approximate surface area is 179 Å². The molecule has 2 aromatic carbocycles. The Kier molecular flexibility index (Phi) is 7.08. The van der Waals surface area contributed by atoms with Crippen molar-refractivity contribution in [3.63, 3.8) is 0 Å². The molecule has 7 nitrogen and oxygen atoms in total. The lowest BCUT2D eigenvalue weighted by atomic mass is 10.1. The summed E-state index contributed by atoms with van der Waals surface area (Å²) in [5.41, 5.74) is 8.60. The molecule has 1 heterocycles. The molecule has 3 N–H and O–H groups in total. The van der Waals surface area contributed by atoms with Gasteiger partial charge in [0, 0.05) is 24.1 Å². The molecule has 0 aliphatic rings. The Morgan fingerprint density at radius 1 is 1.07 bits per heavy atom. The van der Waals surface area contributed by atoms with Gasteiger partial charge in [0.25, 0.3) is 5.91 Å². The number of carbonyl (C=O) groups is 2. The van der Waals surface area contributed by atoms with Gasteiger partial charge in [0.2, 0.25) is 5.91 Å². The van der Waals surface area contributed by atoms with Crippen LogP contribution in [0.1, 0.15) is 23.4 Å². The molecule has 0 radical (unpaired) electrons. The zero-order valence-electron chi connectivity index (χ0n) is 16.8. The van der Waals surface area contributed by atoms with E-state index in [1.54, 1.807) is 12.3 Å². The van der Waals surface area contributed by atoms with Crippen LogP contribution in [0, 0.1) is 13.8 Å². The molecule has 0 aliphatic carbocycles. The number of hydrogen-bond acceptors (Lipinski definition) is 5. The highest BCUT2D eigenvalue weighted by Gasteiger charge is 2.11. The second-order valence-corrected chi connectivity index (χ2v) is 7.27. The quantitative estimate of drug-likeness (QED) is 0.499. The highest BCUT2D eigenvalue weighted by molar-refractivity contribution is 6.33. The highest BCUT2D eigenvalue weighted by Crippen LogP contribution is 2.28. The Morgan fingerprint density at radius 3 is 2.60 bits per heavy atom. The number of rotatable bonds is 7. The maximum Gasteiger partial charge on any atom is 0.257 e. The molecule has 156 valence electrons. The van der Waals surface area contributed by atoms with Crippen LogP contribution in [0.4, 0.5) is 5.69 Å². The van der Waals surface area contributed by atoms with Crippen LogP contribution in [-0.4, -0.2) is 23.3 Å². The predicted octanol–water partition coefficient (Wildman–Crippen LogP) is 3.80. The van der Waals surface area contributed by atoms with Crippen LogP contribution in [0.5, 0.6) is 0 Å². The van der Waals surface area contributed by atoms with Crippen LogP contribution >= 0.6 is 11.6 Å². The van der Waals surface area contributed by atoms with Crippen molar-refractivity contribution in [3.05, 3.63) is 70.7 Å². The summed E-state index contributed by atoms with van der Waals surface area (Å²) in [6.07, 6.45) is 2.00. The van der Waals surface area contributed by atoms with Crippen molar-refractivity contribution in [2.45, 2.75) is 26.7 Å². The maximum absolute atomic E-state index is 12.0. The van der Waals surface area contributed by atoms with E-state index in [1.165, 1.54) is 0 Å². The van der Waals surface area contributed by atoms with Gasteiger partial charge in [0.05, 0.1) is 17.8 Å². The van der Waals surface area contributed by atoms with Gasteiger partial charge in [-0.15, -0.1) is 0 Å². The predicted molar refractivity (Wildman–Crippen MR) is 116 cm³/mol. The van der Waals surface area contributed by atoms with Gasteiger partial charge < -0.3 is 9.73 Å². The normalized spacial score (nSPS) is 10.5. The van der Waals surface area contributed by atoms with Crippen molar-refractivity contribution in [3.8, 4) is 11.3 Å². The van der Waals surface area contributed by atoms with E-state index in [9.17, 15) is 9.59 Å². The van der Waals surface area contributed by atoms with Crippen molar-refractivity contribution in [2.24, 2.45) is 0 Å². The average molecular weight is 427 g/mol. The van der Waals surface area contributed by atoms with Crippen molar-refractivity contribution in [1.29, 1.82) is 0 Å². The molecular weight excluding hydrogens is 404 g/mol. The number of carbonyl (C=O) groups excluding carboxylic acids is 2. The molecule has 30 heavy (non-hydrogen) atoms. The van der Waals surface area contributed by atoms with Crippen LogP contribution in [-0.2, 0) is 16.0 Å². The fraction of sp³-hybridized carbons (Fsp3) is 0.227. The second-order valence-electron chi connectivity index (χ2n) is 6.87. The molecule has 8 heteroatoms. The van der Waals surface area contributed by atoms with Gasteiger partial charge in [0.1, 0.15) is 0 Å². The first kappa shape index (κ1) is 21.4. The van der Waals surface area contributed by atoms with Gasteiger partial charge >= 0.3 is 0 Å². The third kappa shape index (κ3) is 5.84. The molecule has 2 amide bonds. The average Bonchev–Trinajstić information content (AvgIpc) is 3.19. The molecule has 0 saturated carbocycles. The van der Waals surface area contributed by atoms with E-state index in [-0.39, 0.29) is 24.8 Å². The molecule has 0 bridgehead atoms. The van der Waals surface area contributed by atoms with Crippen molar-refractivity contribution in [2.75, 3.05) is 11.9 Å². The molecule has 0 fully saturated rings. The fourth-order valence-corrected chi connectivity index (χ4v) is 3.09. The Hall–Kier alpha value is -3.32. The SMILES string of the molecule is Cc1ccc(NCC(=O)NNC(=O)CCc2ncc(-c3ccccc3Cl)o2)c(C)c1. The molecule has 0 spiro atoms. The van der Waals surface area contributed by atoms with E-state index in [1.807, 2.05) is 50.2 Å². The zero-order chi connectivity index (χ0) is 21.5. The van der Waals surface area contributed by atoms with E-state index in [0.717, 1.165) is 22.4 Å². The van der Waals surface area contributed by atoms with E-state index in [2.05, 4.69) is 21.2 Å². The van der Waals surface area contributed by atoms with E-state index in [4.69, 9.17) is 16.0 Å². The van der Waals surface area contributed by atoms with Crippen molar-refractivity contribution < 1.29 is 14.0 Å². The van der Waals surface area contributed by atoms with Gasteiger partial charge in [0.15, 0.2) is 11.7 Å². The van der Waals surface area contributed by atoms with Crippen LogP contribution < -0.4 is 16.2 Å². The maximum atomic E-state index is 12.0. The van der Waals surface area contributed by atoms with Gasteiger partial charge in [-0.1, -0.05) is 41.4 Å². The number of nitrogens with zero attached hydrogens (tertiary/aromatic N) is 1. The summed E-state index contributed by atoms with van der Waals surface area (Å²) in [5, 5.41) is 3.61. The van der Waals surface area contributed by atoms with Crippen molar-refractivity contribution >= 4 is 29.1 Å². The molecule has 3 rings (SSSR count). The summed E-state index contributed by atoms with van der Waals surface area (Å²) in [6.45, 7) is 4.02. The number of aromatic nitrogens is 1.